The lowest BCUT2D eigenvalue weighted by molar-refractivity contribution is 0.133. The Bertz CT molecular complexity index is 509. The summed E-state index contributed by atoms with van der Waals surface area (Å²) in [6, 6.07) is 8.92. The number of hydrogen-bond acceptors (Lipinski definition) is 3. The van der Waals surface area contributed by atoms with Crippen LogP contribution in [0.4, 0.5) is 5.69 Å². The van der Waals surface area contributed by atoms with Crippen LogP contribution in [0.25, 0.3) is 0 Å². The van der Waals surface area contributed by atoms with Gasteiger partial charge in [0.2, 0.25) is 0 Å². The van der Waals surface area contributed by atoms with Crippen molar-refractivity contribution in [2.24, 2.45) is 0 Å². The number of halogens is 1. The highest BCUT2D eigenvalue weighted by atomic mass is 79.9. The molecule has 3 rings (SSSR count). The molecule has 2 aliphatic rings. The van der Waals surface area contributed by atoms with Gasteiger partial charge in [-0.05, 0) is 37.6 Å². The Hall–Kier alpha value is -1.05. The summed E-state index contributed by atoms with van der Waals surface area (Å²) in [6.07, 6.45) is 3.99. The number of piperazine rings is 1. The van der Waals surface area contributed by atoms with Crippen LogP contribution in [-0.4, -0.2) is 37.1 Å². The van der Waals surface area contributed by atoms with Crippen molar-refractivity contribution in [2.75, 3.05) is 31.1 Å². The molecule has 19 heavy (non-hydrogen) atoms. The van der Waals surface area contributed by atoms with Crippen LogP contribution in [-0.2, 0) is 0 Å². The Morgan fingerprint density at radius 2 is 2.11 bits per heavy atom. The highest BCUT2D eigenvalue weighted by Gasteiger charge is 2.29. The molecule has 0 aliphatic carbocycles. The second kappa shape index (κ2) is 5.52. The lowest BCUT2D eigenvalue weighted by atomic mass is 9.99. The van der Waals surface area contributed by atoms with Gasteiger partial charge in [-0.1, -0.05) is 22.4 Å². The Morgan fingerprint density at radius 3 is 2.95 bits per heavy atom. The second-order valence-electron chi connectivity index (χ2n) is 5.40. The Morgan fingerprint density at radius 1 is 1.21 bits per heavy atom. The van der Waals surface area contributed by atoms with Gasteiger partial charge in [0, 0.05) is 30.1 Å². The quantitative estimate of drug-likeness (QED) is 0.797. The van der Waals surface area contributed by atoms with Crippen LogP contribution in [0, 0.1) is 11.3 Å². The van der Waals surface area contributed by atoms with Gasteiger partial charge in [0.25, 0.3) is 0 Å². The van der Waals surface area contributed by atoms with E-state index in [9.17, 15) is 5.26 Å². The molecule has 1 unspecified atom stereocenters. The van der Waals surface area contributed by atoms with Crippen LogP contribution in [0.15, 0.2) is 22.7 Å². The first-order chi connectivity index (χ1) is 9.28. The van der Waals surface area contributed by atoms with E-state index in [1.807, 2.05) is 12.1 Å². The minimum absolute atomic E-state index is 0.674. The molecule has 0 saturated carbocycles. The zero-order valence-electron chi connectivity index (χ0n) is 11.0. The fraction of sp³-hybridized carbons (Fsp3) is 0.533. The minimum atomic E-state index is 0.674. The summed E-state index contributed by atoms with van der Waals surface area (Å²) in [4.78, 5) is 5.00. The number of hydrogen-bond donors (Lipinski definition) is 0. The van der Waals surface area contributed by atoms with E-state index in [2.05, 4.69) is 37.9 Å². The summed E-state index contributed by atoms with van der Waals surface area (Å²) in [5, 5.41) is 9.27. The fourth-order valence-corrected chi connectivity index (χ4v) is 3.58. The fourth-order valence-electron chi connectivity index (χ4n) is 3.24. The van der Waals surface area contributed by atoms with Gasteiger partial charge in [0.15, 0.2) is 0 Å². The highest BCUT2D eigenvalue weighted by Crippen LogP contribution is 2.29. The summed E-state index contributed by atoms with van der Waals surface area (Å²) < 4.78 is 1.05. The van der Waals surface area contributed by atoms with Gasteiger partial charge >= 0.3 is 0 Å². The normalized spacial score (nSPS) is 23.8. The smallest absolute Gasteiger partial charge is 0.101 e. The van der Waals surface area contributed by atoms with E-state index in [0.29, 0.717) is 6.04 Å². The number of anilines is 1. The lowest BCUT2D eigenvalue weighted by Crippen LogP contribution is -2.55. The molecule has 0 aromatic heterocycles. The van der Waals surface area contributed by atoms with Crippen molar-refractivity contribution in [3.05, 3.63) is 28.2 Å². The van der Waals surface area contributed by atoms with E-state index in [4.69, 9.17) is 0 Å². The minimum Gasteiger partial charge on any atom is -0.368 e. The number of piperidine rings is 1. The molecular formula is C15H18BrN3. The molecule has 2 saturated heterocycles. The maximum atomic E-state index is 9.27. The first-order valence-electron chi connectivity index (χ1n) is 6.96. The van der Waals surface area contributed by atoms with Crippen LogP contribution in [0.5, 0.6) is 0 Å². The van der Waals surface area contributed by atoms with Gasteiger partial charge in [-0.15, -0.1) is 0 Å². The molecule has 2 aliphatic heterocycles. The zero-order valence-corrected chi connectivity index (χ0v) is 12.6. The molecule has 4 heteroatoms. The van der Waals surface area contributed by atoms with E-state index in [1.54, 1.807) is 0 Å². The van der Waals surface area contributed by atoms with Gasteiger partial charge in [-0.25, -0.2) is 0 Å². The van der Waals surface area contributed by atoms with Crippen molar-refractivity contribution in [2.45, 2.75) is 25.3 Å². The van der Waals surface area contributed by atoms with Crippen LogP contribution in [0.2, 0.25) is 0 Å². The van der Waals surface area contributed by atoms with Gasteiger partial charge < -0.3 is 4.90 Å². The van der Waals surface area contributed by atoms with Crippen LogP contribution >= 0.6 is 15.9 Å². The Labute approximate surface area is 122 Å². The number of rotatable bonds is 1. The average Bonchev–Trinajstić information content (AvgIpc) is 2.46. The summed E-state index contributed by atoms with van der Waals surface area (Å²) in [6.45, 7) is 4.47. The third kappa shape index (κ3) is 2.63. The molecule has 2 fully saturated rings. The average molecular weight is 320 g/mol. The van der Waals surface area contributed by atoms with Gasteiger partial charge in [-0.3, -0.25) is 4.90 Å². The van der Waals surface area contributed by atoms with E-state index in [1.165, 1.54) is 25.8 Å². The third-order valence-corrected chi connectivity index (χ3v) is 4.75. The van der Waals surface area contributed by atoms with E-state index in [-0.39, 0.29) is 0 Å². The van der Waals surface area contributed by atoms with E-state index >= 15 is 0 Å². The van der Waals surface area contributed by atoms with Crippen molar-refractivity contribution < 1.29 is 0 Å². The van der Waals surface area contributed by atoms with Crippen LogP contribution in [0.3, 0.4) is 0 Å². The zero-order chi connectivity index (χ0) is 13.2. The monoisotopic (exact) mass is 319 g/mol. The molecular weight excluding hydrogens is 302 g/mol. The molecule has 0 radical (unpaired) electrons. The van der Waals surface area contributed by atoms with Crippen molar-refractivity contribution in [1.29, 1.82) is 5.26 Å². The van der Waals surface area contributed by atoms with E-state index in [0.717, 1.165) is 35.4 Å². The highest BCUT2D eigenvalue weighted by molar-refractivity contribution is 9.10. The predicted molar refractivity (Wildman–Crippen MR) is 80.3 cm³/mol. The first kappa shape index (κ1) is 13.0. The summed E-state index contributed by atoms with van der Waals surface area (Å²) in [5.74, 6) is 0. The standard InChI is InChI=1S/C15H18BrN3/c16-13-5-4-12(10-17)15(9-13)19-8-7-18-6-2-1-3-14(18)11-19/h4-5,9,14H,1-3,6-8,11H2. The molecule has 1 aromatic carbocycles. The van der Waals surface area contributed by atoms with Crippen molar-refractivity contribution in [3.63, 3.8) is 0 Å². The maximum Gasteiger partial charge on any atom is 0.101 e. The van der Waals surface area contributed by atoms with Crippen molar-refractivity contribution in [1.82, 2.24) is 4.90 Å². The molecule has 2 heterocycles. The molecule has 100 valence electrons. The Kier molecular flexibility index (Phi) is 3.76. The second-order valence-corrected chi connectivity index (χ2v) is 6.32. The number of benzene rings is 1. The van der Waals surface area contributed by atoms with Crippen LogP contribution < -0.4 is 4.90 Å². The predicted octanol–water partition coefficient (Wildman–Crippen LogP) is 3.00. The van der Waals surface area contributed by atoms with Crippen molar-refractivity contribution in [3.8, 4) is 6.07 Å². The maximum absolute atomic E-state index is 9.27. The number of nitrogens with zero attached hydrogens (tertiary/aromatic N) is 3. The first-order valence-corrected chi connectivity index (χ1v) is 7.76. The van der Waals surface area contributed by atoms with Gasteiger partial charge in [0.05, 0.1) is 11.3 Å². The Balaban J connectivity index is 1.83. The number of nitriles is 1. The molecule has 0 N–H and O–H groups in total. The van der Waals surface area contributed by atoms with E-state index < -0.39 is 0 Å². The van der Waals surface area contributed by atoms with Crippen LogP contribution in [0.1, 0.15) is 24.8 Å². The molecule has 1 atom stereocenters. The lowest BCUT2D eigenvalue weighted by Gasteiger charge is -2.45. The molecule has 0 bridgehead atoms. The molecule has 3 nitrogen and oxygen atoms in total. The summed E-state index contributed by atoms with van der Waals surface area (Å²) >= 11 is 3.51. The molecule has 0 amide bonds. The summed E-state index contributed by atoms with van der Waals surface area (Å²) in [5.41, 5.74) is 1.87. The topological polar surface area (TPSA) is 30.3 Å². The third-order valence-electron chi connectivity index (χ3n) is 4.26. The molecule has 0 spiro atoms. The molecule has 1 aromatic rings. The van der Waals surface area contributed by atoms with Gasteiger partial charge in [0.1, 0.15) is 6.07 Å². The van der Waals surface area contributed by atoms with Crippen molar-refractivity contribution >= 4 is 21.6 Å². The largest absolute Gasteiger partial charge is 0.368 e. The van der Waals surface area contributed by atoms with Gasteiger partial charge in [-0.2, -0.15) is 5.26 Å². The summed E-state index contributed by atoms with van der Waals surface area (Å²) in [7, 11) is 0. The number of fused-ring (bicyclic) bond motifs is 1. The SMILES string of the molecule is N#Cc1ccc(Br)cc1N1CCN2CCCCC2C1.